The first-order valence-corrected chi connectivity index (χ1v) is 13.0. The molecule has 0 atom stereocenters. The molecule has 0 bridgehead atoms. The smallest absolute Gasteiger partial charge is 0.219 e. The molecule has 0 aliphatic carbocycles. The lowest BCUT2D eigenvalue weighted by molar-refractivity contribution is -0.891. The Bertz CT molecular complexity index is 436. The number of nitrogens with one attached hydrogen (secondary N) is 1. The van der Waals surface area contributed by atoms with Crippen LogP contribution in [0.5, 0.6) is 0 Å². The van der Waals surface area contributed by atoms with Crippen molar-refractivity contribution in [2.45, 2.75) is 116 Å². The highest BCUT2D eigenvalue weighted by Gasteiger charge is 2.16. The van der Waals surface area contributed by atoms with Gasteiger partial charge in [0.25, 0.3) is 0 Å². The molecule has 0 aromatic carbocycles. The summed E-state index contributed by atoms with van der Waals surface area (Å²) in [6.07, 6.45) is 21.9. The molecular formula is C26H53N2O3+. The molecule has 0 unspecified atom stereocenters. The molecule has 0 rings (SSSR count). The van der Waals surface area contributed by atoms with Crippen LogP contribution in [0, 0.1) is 0 Å². The van der Waals surface area contributed by atoms with Crippen LogP contribution in [0.4, 0.5) is 0 Å². The Kier molecular flexibility index (Phi) is 20.3. The third kappa shape index (κ3) is 23.6. The summed E-state index contributed by atoms with van der Waals surface area (Å²) in [5.74, 6) is 0.161. The van der Waals surface area contributed by atoms with Gasteiger partial charge in [-0.2, -0.15) is 0 Å². The first-order valence-electron chi connectivity index (χ1n) is 13.0. The van der Waals surface area contributed by atoms with E-state index in [1.807, 2.05) is 0 Å². The average molecular weight is 442 g/mol. The molecule has 0 aromatic rings. The Morgan fingerprint density at radius 1 is 0.806 bits per heavy atom. The van der Waals surface area contributed by atoms with Crippen LogP contribution in [0.3, 0.4) is 0 Å². The van der Waals surface area contributed by atoms with E-state index in [1.165, 1.54) is 70.6 Å². The first-order chi connectivity index (χ1) is 14.9. The van der Waals surface area contributed by atoms with Crippen LogP contribution in [0.15, 0.2) is 12.2 Å². The number of unbranched alkanes of at least 4 members (excludes halogenated alkanes) is 11. The maximum atomic E-state index is 11.9. The maximum Gasteiger partial charge on any atom is 0.219 e. The Morgan fingerprint density at radius 3 is 1.94 bits per heavy atom. The topological polar surface area (TPSA) is 69.6 Å². The van der Waals surface area contributed by atoms with Gasteiger partial charge >= 0.3 is 0 Å². The summed E-state index contributed by atoms with van der Waals surface area (Å²) >= 11 is 0. The van der Waals surface area contributed by atoms with Crippen molar-refractivity contribution in [2.75, 3.05) is 33.7 Å². The van der Waals surface area contributed by atoms with Crippen LogP contribution < -0.4 is 5.32 Å². The standard InChI is InChI=1S/C26H52N2O3/c1-4-5-6-7-8-9-10-11-12-13-14-15-16-17-18-20-25(29)27-22-19-23-28(2,3)24-21-26(30)31/h11-12,26,30-31H,4-10,13-24H2,1-3H3/p+1/b12-11-. The number of hydrogen-bond donors (Lipinski definition) is 3. The van der Waals surface area contributed by atoms with Gasteiger partial charge in [0.1, 0.15) is 0 Å². The third-order valence-electron chi connectivity index (χ3n) is 5.92. The Labute approximate surface area is 192 Å². The van der Waals surface area contributed by atoms with Crippen molar-refractivity contribution in [3.05, 3.63) is 12.2 Å². The lowest BCUT2D eigenvalue weighted by atomic mass is 10.1. The second-order valence-corrected chi connectivity index (χ2v) is 9.69. The third-order valence-corrected chi connectivity index (χ3v) is 5.92. The Morgan fingerprint density at radius 2 is 1.35 bits per heavy atom. The molecule has 0 aliphatic heterocycles. The highest BCUT2D eigenvalue weighted by Crippen LogP contribution is 2.10. The lowest BCUT2D eigenvalue weighted by Gasteiger charge is -2.30. The van der Waals surface area contributed by atoms with E-state index >= 15 is 0 Å². The van der Waals surface area contributed by atoms with Crippen LogP contribution in [-0.2, 0) is 4.79 Å². The van der Waals surface area contributed by atoms with E-state index in [-0.39, 0.29) is 5.91 Å². The minimum absolute atomic E-state index is 0.161. The van der Waals surface area contributed by atoms with Gasteiger partial charge in [0.2, 0.25) is 5.91 Å². The molecule has 5 heteroatoms. The van der Waals surface area contributed by atoms with E-state index in [0.717, 1.165) is 36.8 Å². The van der Waals surface area contributed by atoms with Gasteiger partial charge in [-0.3, -0.25) is 4.79 Å². The molecule has 3 N–H and O–H groups in total. The van der Waals surface area contributed by atoms with E-state index in [0.29, 0.717) is 19.4 Å². The second kappa shape index (κ2) is 21.0. The van der Waals surface area contributed by atoms with E-state index < -0.39 is 6.29 Å². The predicted octanol–water partition coefficient (Wildman–Crippen LogP) is 5.31. The highest BCUT2D eigenvalue weighted by molar-refractivity contribution is 5.75. The van der Waals surface area contributed by atoms with Crippen LogP contribution >= 0.6 is 0 Å². The number of quaternary nitrogens is 1. The predicted molar refractivity (Wildman–Crippen MR) is 132 cm³/mol. The molecule has 0 saturated carbocycles. The maximum absolute atomic E-state index is 11.9. The second-order valence-electron chi connectivity index (χ2n) is 9.69. The number of aliphatic hydroxyl groups excluding tert-OH is 1. The summed E-state index contributed by atoms with van der Waals surface area (Å²) in [6.45, 7) is 4.61. The van der Waals surface area contributed by atoms with Gasteiger partial charge in [-0.15, -0.1) is 0 Å². The number of rotatable bonds is 22. The Hall–Kier alpha value is -0.910. The summed E-state index contributed by atoms with van der Waals surface area (Å²) in [5, 5.41) is 21.0. The summed E-state index contributed by atoms with van der Waals surface area (Å²) in [4.78, 5) is 11.9. The fourth-order valence-corrected chi connectivity index (χ4v) is 3.76. The molecule has 0 heterocycles. The van der Waals surface area contributed by atoms with Gasteiger partial charge in [0.15, 0.2) is 6.29 Å². The number of allylic oxidation sites excluding steroid dienone is 2. The number of hydrogen-bond acceptors (Lipinski definition) is 3. The summed E-state index contributed by atoms with van der Waals surface area (Å²) < 4.78 is 0.738. The van der Waals surface area contributed by atoms with Crippen LogP contribution in [-0.4, -0.2) is 60.6 Å². The van der Waals surface area contributed by atoms with Gasteiger partial charge in [-0.05, 0) is 32.1 Å². The zero-order valence-electron chi connectivity index (χ0n) is 20.9. The quantitative estimate of drug-likeness (QED) is 0.0923. The van der Waals surface area contributed by atoms with Gasteiger partial charge < -0.3 is 20.0 Å². The SMILES string of the molecule is CCCCCCCC/C=C\CCCCCCCC(=O)NCCC[N+](C)(C)CCC(O)O. The van der Waals surface area contributed by atoms with Crippen molar-refractivity contribution >= 4 is 5.91 Å². The minimum atomic E-state index is -1.23. The largest absolute Gasteiger partial charge is 0.368 e. The van der Waals surface area contributed by atoms with Gasteiger partial charge in [0, 0.05) is 25.8 Å². The number of amides is 1. The molecule has 0 aromatic heterocycles. The fourth-order valence-electron chi connectivity index (χ4n) is 3.76. The molecule has 0 saturated heterocycles. The van der Waals surface area contributed by atoms with E-state index in [4.69, 9.17) is 10.2 Å². The van der Waals surface area contributed by atoms with Crippen molar-refractivity contribution in [1.82, 2.24) is 5.32 Å². The van der Waals surface area contributed by atoms with Crippen molar-refractivity contribution in [1.29, 1.82) is 0 Å². The molecule has 0 radical (unpaired) electrons. The van der Waals surface area contributed by atoms with E-state index in [1.54, 1.807) is 0 Å². The average Bonchev–Trinajstić information content (AvgIpc) is 2.72. The number of nitrogens with zero attached hydrogens (tertiary/aromatic N) is 1. The fraction of sp³-hybridized carbons (Fsp3) is 0.885. The Balaban J connectivity index is 3.40. The van der Waals surface area contributed by atoms with Gasteiger partial charge in [-0.1, -0.05) is 70.4 Å². The molecule has 31 heavy (non-hydrogen) atoms. The van der Waals surface area contributed by atoms with Crippen molar-refractivity contribution in [3.63, 3.8) is 0 Å². The normalized spacial score (nSPS) is 12.2. The van der Waals surface area contributed by atoms with Crippen molar-refractivity contribution in [3.8, 4) is 0 Å². The molecular weight excluding hydrogens is 388 g/mol. The molecule has 5 nitrogen and oxygen atoms in total. The zero-order valence-corrected chi connectivity index (χ0v) is 20.9. The van der Waals surface area contributed by atoms with Crippen molar-refractivity contribution < 1.29 is 19.5 Å². The van der Waals surface area contributed by atoms with Crippen LogP contribution in [0.25, 0.3) is 0 Å². The minimum Gasteiger partial charge on any atom is -0.368 e. The molecule has 0 aliphatic rings. The summed E-state index contributed by atoms with van der Waals surface area (Å²) in [6, 6.07) is 0. The van der Waals surface area contributed by atoms with Gasteiger partial charge in [0.05, 0.1) is 27.2 Å². The zero-order chi connectivity index (χ0) is 23.2. The van der Waals surface area contributed by atoms with Gasteiger partial charge in [-0.25, -0.2) is 0 Å². The molecule has 184 valence electrons. The molecule has 0 fully saturated rings. The molecule has 1 amide bonds. The first kappa shape index (κ1) is 30.1. The molecule has 0 spiro atoms. The van der Waals surface area contributed by atoms with Crippen LogP contribution in [0.2, 0.25) is 0 Å². The monoisotopic (exact) mass is 441 g/mol. The van der Waals surface area contributed by atoms with Crippen LogP contribution in [0.1, 0.15) is 110 Å². The number of carbonyl (C=O) groups is 1. The summed E-state index contributed by atoms with van der Waals surface area (Å²) in [7, 11) is 4.16. The van der Waals surface area contributed by atoms with Crippen molar-refractivity contribution in [2.24, 2.45) is 0 Å². The highest BCUT2D eigenvalue weighted by atomic mass is 16.5. The lowest BCUT2D eigenvalue weighted by Crippen LogP contribution is -2.43. The van der Waals surface area contributed by atoms with E-state index in [9.17, 15) is 4.79 Å². The number of aliphatic hydroxyl groups is 2. The summed E-state index contributed by atoms with van der Waals surface area (Å²) in [5.41, 5.74) is 0. The van der Waals surface area contributed by atoms with E-state index in [2.05, 4.69) is 38.5 Å². The number of carbonyl (C=O) groups excluding carboxylic acids is 1.